The average Bonchev–Trinajstić information content (AvgIpc) is 2.00. The molecule has 1 aliphatic rings. The van der Waals surface area contributed by atoms with Gasteiger partial charge in [-0.25, -0.2) is 0 Å². The SMILES string of the molecule is CC(C)=CC1(O)C=CC(C(F)(F)F)CC1. The van der Waals surface area contributed by atoms with Crippen LogP contribution in [0.4, 0.5) is 13.2 Å². The van der Waals surface area contributed by atoms with Crippen molar-refractivity contribution in [3.63, 3.8) is 0 Å². The Labute approximate surface area is 87.3 Å². The van der Waals surface area contributed by atoms with Gasteiger partial charge in [-0.1, -0.05) is 23.8 Å². The van der Waals surface area contributed by atoms with E-state index in [0.29, 0.717) is 0 Å². The van der Waals surface area contributed by atoms with E-state index in [-0.39, 0.29) is 12.8 Å². The van der Waals surface area contributed by atoms with Gasteiger partial charge in [-0.15, -0.1) is 0 Å². The van der Waals surface area contributed by atoms with Crippen molar-refractivity contribution in [2.24, 2.45) is 5.92 Å². The second-order valence-electron chi connectivity index (χ2n) is 4.26. The monoisotopic (exact) mass is 220 g/mol. The number of allylic oxidation sites excluding steroid dienone is 2. The highest BCUT2D eigenvalue weighted by molar-refractivity contribution is 5.20. The topological polar surface area (TPSA) is 20.2 Å². The van der Waals surface area contributed by atoms with E-state index in [1.54, 1.807) is 6.08 Å². The summed E-state index contributed by atoms with van der Waals surface area (Å²) in [7, 11) is 0. The van der Waals surface area contributed by atoms with Crippen molar-refractivity contribution < 1.29 is 18.3 Å². The van der Waals surface area contributed by atoms with Gasteiger partial charge in [0.2, 0.25) is 0 Å². The Balaban J connectivity index is 2.78. The van der Waals surface area contributed by atoms with Gasteiger partial charge >= 0.3 is 6.18 Å². The van der Waals surface area contributed by atoms with Crippen LogP contribution >= 0.6 is 0 Å². The zero-order valence-electron chi connectivity index (χ0n) is 8.80. The summed E-state index contributed by atoms with van der Waals surface area (Å²) in [6, 6.07) is 0. The first-order chi connectivity index (χ1) is 6.73. The quantitative estimate of drug-likeness (QED) is 0.673. The third-order valence-electron chi connectivity index (χ3n) is 2.43. The molecule has 1 N–H and O–H groups in total. The van der Waals surface area contributed by atoms with Crippen molar-refractivity contribution >= 4 is 0 Å². The lowest BCUT2D eigenvalue weighted by molar-refractivity contribution is -0.166. The largest absolute Gasteiger partial charge is 0.395 e. The molecular weight excluding hydrogens is 205 g/mol. The molecule has 0 radical (unpaired) electrons. The molecule has 0 spiro atoms. The zero-order chi connectivity index (χ0) is 11.7. The van der Waals surface area contributed by atoms with Gasteiger partial charge in [-0.3, -0.25) is 0 Å². The molecule has 0 bridgehead atoms. The Morgan fingerprint density at radius 3 is 2.40 bits per heavy atom. The van der Waals surface area contributed by atoms with Crippen LogP contribution in [0.25, 0.3) is 0 Å². The Kier molecular flexibility index (Phi) is 3.28. The molecule has 2 atom stereocenters. The van der Waals surface area contributed by atoms with E-state index in [9.17, 15) is 18.3 Å². The minimum Gasteiger partial charge on any atom is -0.382 e. The van der Waals surface area contributed by atoms with Gasteiger partial charge in [-0.05, 0) is 26.7 Å². The van der Waals surface area contributed by atoms with Crippen molar-refractivity contribution in [1.82, 2.24) is 0 Å². The van der Waals surface area contributed by atoms with Gasteiger partial charge in [0.15, 0.2) is 0 Å². The van der Waals surface area contributed by atoms with Crippen LogP contribution in [-0.4, -0.2) is 16.9 Å². The van der Waals surface area contributed by atoms with Gasteiger partial charge < -0.3 is 5.11 Å². The third kappa shape index (κ3) is 3.38. The van der Waals surface area contributed by atoms with Crippen LogP contribution in [-0.2, 0) is 0 Å². The van der Waals surface area contributed by atoms with E-state index in [1.807, 2.05) is 13.8 Å². The normalized spacial score (nSPS) is 31.5. The van der Waals surface area contributed by atoms with Crippen molar-refractivity contribution in [2.45, 2.75) is 38.5 Å². The lowest BCUT2D eigenvalue weighted by Gasteiger charge is -2.29. The standard InChI is InChI=1S/C11H15F3O/c1-8(2)7-10(15)5-3-9(4-6-10)11(12,13)14/h3,5,7,9,15H,4,6H2,1-2H3. The molecule has 1 aliphatic carbocycles. The summed E-state index contributed by atoms with van der Waals surface area (Å²) in [4.78, 5) is 0. The second-order valence-corrected chi connectivity index (χ2v) is 4.26. The Morgan fingerprint density at radius 2 is 2.07 bits per heavy atom. The third-order valence-corrected chi connectivity index (χ3v) is 2.43. The maximum Gasteiger partial charge on any atom is 0.395 e. The molecule has 4 heteroatoms. The van der Waals surface area contributed by atoms with Gasteiger partial charge in [0.25, 0.3) is 0 Å². The maximum atomic E-state index is 12.3. The van der Waals surface area contributed by atoms with Crippen molar-refractivity contribution in [2.75, 3.05) is 0 Å². The molecule has 0 saturated heterocycles. The number of hydrogen-bond donors (Lipinski definition) is 1. The summed E-state index contributed by atoms with van der Waals surface area (Å²) in [6.07, 6.45) is -0.220. The fourth-order valence-corrected chi connectivity index (χ4v) is 1.74. The van der Waals surface area contributed by atoms with Crippen molar-refractivity contribution in [3.05, 3.63) is 23.8 Å². The van der Waals surface area contributed by atoms with Crippen LogP contribution in [0.3, 0.4) is 0 Å². The molecule has 0 saturated carbocycles. The van der Waals surface area contributed by atoms with Crippen LogP contribution in [0.1, 0.15) is 26.7 Å². The molecule has 0 aliphatic heterocycles. The summed E-state index contributed by atoms with van der Waals surface area (Å²) < 4.78 is 36.9. The molecule has 2 unspecified atom stereocenters. The minimum absolute atomic E-state index is 0.0553. The van der Waals surface area contributed by atoms with Gasteiger partial charge in [0.05, 0.1) is 5.92 Å². The van der Waals surface area contributed by atoms with Gasteiger partial charge in [-0.2, -0.15) is 13.2 Å². The first-order valence-electron chi connectivity index (χ1n) is 4.87. The molecule has 0 aromatic rings. The number of halogens is 3. The first-order valence-corrected chi connectivity index (χ1v) is 4.87. The summed E-state index contributed by atoms with van der Waals surface area (Å²) in [5.74, 6) is -1.41. The van der Waals surface area contributed by atoms with E-state index in [0.717, 1.165) is 11.6 Å². The lowest BCUT2D eigenvalue weighted by Crippen LogP contribution is -2.32. The highest BCUT2D eigenvalue weighted by Crippen LogP contribution is 2.37. The van der Waals surface area contributed by atoms with Crippen LogP contribution < -0.4 is 0 Å². The summed E-state index contributed by atoms with van der Waals surface area (Å²) in [6.45, 7) is 3.61. The minimum atomic E-state index is -4.19. The van der Waals surface area contributed by atoms with E-state index < -0.39 is 17.7 Å². The predicted molar refractivity (Wildman–Crippen MR) is 52.3 cm³/mol. The Hall–Kier alpha value is -0.770. The molecule has 1 nitrogen and oxygen atoms in total. The zero-order valence-corrected chi connectivity index (χ0v) is 8.80. The number of hydrogen-bond acceptors (Lipinski definition) is 1. The summed E-state index contributed by atoms with van der Waals surface area (Å²) in [5.41, 5.74) is -0.298. The molecule has 0 aromatic carbocycles. The second kappa shape index (κ2) is 4.00. The summed E-state index contributed by atoms with van der Waals surface area (Å²) >= 11 is 0. The highest BCUT2D eigenvalue weighted by atomic mass is 19.4. The van der Waals surface area contributed by atoms with Crippen LogP contribution in [0.2, 0.25) is 0 Å². The highest BCUT2D eigenvalue weighted by Gasteiger charge is 2.41. The average molecular weight is 220 g/mol. The molecule has 0 amide bonds. The molecule has 15 heavy (non-hydrogen) atoms. The first kappa shape index (κ1) is 12.3. The molecular formula is C11H15F3O. The molecule has 0 fully saturated rings. The molecule has 0 aromatic heterocycles. The maximum absolute atomic E-state index is 12.3. The molecule has 0 heterocycles. The van der Waals surface area contributed by atoms with Crippen LogP contribution in [0.15, 0.2) is 23.8 Å². The van der Waals surface area contributed by atoms with Crippen LogP contribution in [0.5, 0.6) is 0 Å². The molecule has 1 rings (SSSR count). The van der Waals surface area contributed by atoms with Crippen molar-refractivity contribution in [1.29, 1.82) is 0 Å². The van der Waals surface area contributed by atoms with Gasteiger partial charge in [0.1, 0.15) is 5.60 Å². The Morgan fingerprint density at radius 1 is 1.47 bits per heavy atom. The van der Waals surface area contributed by atoms with E-state index in [2.05, 4.69) is 0 Å². The number of alkyl halides is 3. The number of aliphatic hydroxyl groups is 1. The fourth-order valence-electron chi connectivity index (χ4n) is 1.74. The van der Waals surface area contributed by atoms with Gasteiger partial charge in [0, 0.05) is 0 Å². The van der Waals surface area contributed by atoms with E-state index >= 15 is 0 Å². The smallest absolute Gasteiger partial charge is 0.382 e. The fraction of sp³-hybridized carbons (Fsp3) is 0.636. The Bertz CT molecular complexity index is 287. The lowest BCUT2D eigenvalue weighted by atomic mass is 9.84. The van der Waals surface area contributed by atoms with E-state index in [4.69, 9.17) is 0 Å². The van der Waals surface area contributed by atoms with Crippen LogP contribution in [0, 0.1) is 5.92 Å². The predicted octanol–water partition coefficient (Wildman–Crippen LogP) is 3.21. The molecule has 86 valence electrons. The van der Waals surface area contributed by atoms with E-state index in [1.165, 1.54) is 6.08 Å². The number of rotatable bonds is 1. The summed E-state index contributed by atoms with van der Waals surface area (Å²) in [5, 5.41) is 9.89. The van der Waals surface area contributed by atoms with Crippen molar-refractivity contribution in [3.8, 4) is 0 Å².